The molecule has 2 N–H and O–H groups in total. The van der Waals surface area contributed by atoms with Crippen LogP contribution >= 0.6 is 0 Å². The van der Waals surface area contributed by atoms with Gasteiger partial charge >= 0.3 is 0 Å². The molecule has 0 radical (unpaired) electrons. The molecule has 0 saturated heterocycles. The van der Waals surface area contributed by atoms with Gasteiger partial charge in [-0.15, -0.1) is 0 Å². The summed E-state index contributed by atoms with van der Waals surface area (Å²) in [6, 6.07) is 15.5. The molecule has 0 unspecified atom stereocenters. The summed E-state index contributed by atoms with van der Waals surface area (Å²) in [5.41, 5.74) is 5.15. The zero-order chi connectivity index (χ0) is 18.5. The number of ketones is 2. The Hall–Kier alpha value is -2.91. The molecule has 140 valence electrons. The topological polar surface area (TPSA) is 58.2 Å². The van der Waals surface area contributed by atoms with E-state index in [0.29, 0.717) is 5.57 Å². The quantitative estimate of drug-likeness (QED) is 0.565. The average Bonchev–Trinajstić information content (AvgIpc) is 2.61. The van der Waals surface area contributed by atoms with Crippen LogP contribution in [-0.4, -0.2) is 11.6 Å². The molecular weight excluding hydrogens is 383 g/mol. The first-order chi connectivity index (χ1) is 12.5. The summed E-state index contributed by atoms with van der Waals surface area (Å²) in [5.74, 6) is -0.00845. The Balaban J connectivity index is 0.00000261. The largest absolute Gasteiger partial charge is 0.361 e. The van der Waals surface area contributed by atoms with Gasteiger partial charge in [-0.05, 0) is 61.4 Å². The van der Waals surface area contributed by atoms with Gasteiger partial charge in [0, 0.05) is 45.3 Å². The van der Waals surface area contributed by atoms with Gasteiger partial charge in [0.05, 0.1) is 0 Å². The standard InChI is InChI=1S/C22H20N2O2.Ni/c1-15(13-16(2)25)24-19-10-8-18(9-11-19)23-14-21-20-6-4-3-5-17(20)7-12-22(21)26;/h3-14,23-24H,1-2H3;/b15-13+,21-14+;. The van der Waals surface area contributed by atoms with Gasteiger partial charge in [-0.1, -0.05) is 30.3 Å². The number of hydrogen-bond acceptors (Lipinski definition) is 4. The monoisotopic (exact) mass is 402 g/mol. The van der Waals surface area contributed by atoms with E-state index in [0.717, 1.165) is 28.2 Å². The molecule has 2 aromatic carbocycles. The number of carbonyl (C=O) groups is 2. The molecule has 27 heavy (non-hydrogen) atoms. The first-order valence-electron chi connectivity index (χ1n) is 8.37. The molecule has 0 saturated carbocycles. The molecule has 0 aliphatic heterocycles. The molecule has 0 atom stereocenters. The Morgan fingerprint density at radius 3 is 2.30 bits per heavy atom. The fourth-order valence-corrected chi connectivity index (χ4v) is 2.80. The first-order valence-corrected chi connectivity index (χ1v) is 8.37. The molecule has 5 heteroatoms. The number of rotatable bonds is 5. The van der Waals surface area contributed by atoms with Crippen LogP contribution in [0.5, 0.6) is 0 Å². The minimum Gasteiger partial charge on any atom is -0.361 e. The number of carbonyl (C=O) groups excluding carboxylic acids is 2. The van der Waals surface area contributed by atoms with E-state index in [4.69, 9.17) is 0 Å². The Bertz CT molecular complexity index is 941. The molecule has 1 aliphatic rings. The average molecular weight is 403 g/mol. The Morgan fingerprint density at radius 2 is 1.59 bits per heavy atom. The number of hydrogen-bond donors (Lipinski definition) is 2. The molecule has 0 aromatic heterocycles. The second-order valence-electron chi connectivity index (χ2n) is 6.13. The summed E-state index contributed by atoms with van der Waals surface area (Å²) in [4.78, 5) is 23.3. The SMILES string of the molecule is CC(=O)/C=C(\C)Nc1ccc(N/C=C2/C(=O)C=Cc3ccccc32)cc1.[Ni]. The molecular formula is C22H20N2NiO2. The Kier molecular flexibility index (Phi) is 6.92. The maximum absolute atomic E-state index is 12.2. The second-order valence-corrected chi connectivity index (χ2v) is 6.13. The van der Waals surface area contributed by atoms with Crippen LogP contribution in [0, 0.1) is 0 Å². The van der Waals surface area contributed by atoms with Gasteiger partial charge in [0.15, 0.2) is 11.6 Å². The summed E-state index contributed by atoms with van der Waals surface area (Å²) < 4.78 is 0. The summed E-state index contributed by atoms with van der Waals surface area (Å²) in [5, 5.41) is 6.34. The molecule has 2 aromatic rings. The maximum atomic E-state index is 12.2. The van der Waals surface area contributed by atoms with E-state index in [2.05, 4.69) is 10.6 Å². The van der Waals surface area contributed by atoms with Crippen molar-refractivity contribution < 1.29 is 26.1 Å². The van der Waals surface area contributed by atoms with Crippen molar-refractivity contribution in [1.82, 2.24) is 0 Å². The van der Waals surface area contributed by atoms with Gasteiger partial charge in [0.25, 0.3) is 0 Å². The zero-order valence-electron chi connectivity index (χ0n) is 15.1. The van der Waals surface area contributed by atoms with E-state index in [-0.39, 0.29) is 28.1 Å². The van der Waals surface area contributed by atoms with Crippen molar-refractivity contribution in [3.63, 3.8) is 0 Å². The predicted octanol–water partition coefficient (Wildman–Crippen LogP) is 4.64. The van der Waals surface area contributed by atoms with Crippen LogP contribution in [0.25, 0.3) is 11.6 Å². The Morgan fingerprint density at radius 1 is 0.926 bits per heavy atom. The normalized spacial score (nSPS) is 14.4. The third-order valence-electron chi connectivity index (χ3n) is 3.96. The molecule has 0 spiro atoms. The van der Waals surface area contributed by atoms with Gasteiger partial charge in [0.2, 0.25) is 0 Å². The fourth-order valence-electron chi connectivity index (χ4n) is 2.80. The first kappa shape index (κ1) is 20.4. The third kappa shape index (κ3) is 5.28. The number of allylic oxidation sites excluding steroid dienone is 4. The minimum absolute atomic E-state index is 0. The molecule has 0 fully saturated rings. The fraction of sp³-hybridized carbons (Fsp3) is 0.0909. The van der Waals surface area contributed by atoms with Crippen molar-refractivity contribution in [3.8, 4) is 0 Å². The van der Waals surface area contributed by atoms with Gasteiger partial charge in [-0.3, -0.25) is 9.59 Å². The molecule has 0 amide bonds. The number of benzene rings is 2. The van der Waals surface area contributed by atoms with Crippen molar-refractivity contribution in [1.29, 1.82) is 0 Å². The summed E-state index contributed by atoms with van der Waals surface area (Å²) >= 11 is 0. The van der Waals surface area contributed by atoms with Crippen molar-refractivity contribution >= 4 is 34.6 Å². The van der Waals surface area contributed by atoms with E-state index in [1.165, 1.54) is 6.92 Å². The summed E-state index contributed by atoms with van der Waals surface area (Å²) in [6.07, 6.45) is 6.73. The number of nitrogens with one attached hydrogen (secondary N) is 2. The van der Waals surface area contributed by atoms with Crippen LogP contribution in [0.1, 0.15) is 25.0 Å². The van der Waals surface area contributed by atoms with Crippen LogP contribution in [0.4, 0.5) is 11.4 Å². The summed E-state index contributed by atoms with van der Waals surface area (Å²) in [7, 11) is 0. The number of anilines is 2. The maximum Gasteiger partial charge on any atom is 0.187 e. The third-order valence-corrected chi connectivity index (χ3v) is 3.96. The van der Waals surface area contributed by atoms with E-state index in [1.54, 1.807) is 18.4 Å². The van der Waals surface area contributed by atoms with Crippen LogP contribution in [0.3, 0.4) is 0 Å². The van der Waals surface area contributed by atoms with E-state index in [9.17, 15) is 9.59 Å². The zero-order valence-corrected chi connectivity index (χ0v) is 16.0. The van der Waals surface area contributed by atoms with E-state index >= 15 is 0 Å². The minimum atomic E-state index is -0.0144. The molecule has 3 rings (SSSR count). The van der Waals surface area contributed by atoms with Crippen molar-refractivity contribution in [2.75, 3.05) is 10.6 Å². The van der Waals surface area contributed by atoms with Crippen molar-refractivity contribution in [3.05, 3.63) is 83.7 Å². The van der Waals surface area contributed by atoms with E-state index in [1.807, 2.05) is 61.5 Å². The van der Waals surface area contributed by atoms with Crippen LogP contribution in [-0.2, 0) is 26.1 Å². The second kappa shape index (κ2) is 9.15. The van der Waals surface area contributed by atoms with Crippen LogP contribution < -0.4 is 10.6 Å². The molecule has 1 aliphatic carbocycles. The smallest absolute Gasteiger partial charge is 0.187 e. The predicted molar refractivity (Wildman–Crippen MR) is 107 cm³/mol. The van der Waals surface area contributed by atoms with Gasteiger partial charge < -0.3 is 10.6 Å². The molecule has 0 bridgehead atoms. The van der Waals surface area contributed by atoms with E-state index < -0.39 is 0 Å². The van der Waals surface area contributed by atoms with Crippen molar-refractivity contribution in [2.24, 2.45) is 0 Å². The van der Waals surface area contributed by atoms with Gasteiger partial charge in [-0.2, -0.15) is 0 Å². The van der Waals surface area contributed by atoms with Gasteiger partial charge in [-0.25, -0.2) is 0 Å². The van der Waals surface area contributed by atoms with Crippen molar-refractivity contribution in [2.45, 2.75) is 13.8 Å². The summed E-state index contributed by atoms with van der Waals surface area (Å²) in [6.45, 7) is 3.36. The Labute approximate surface area is 169 Å². The number of fused-ring (bicyclic) bond motifs is 1. The van der Waals surface area contributed by atoms with Crippen LogP contribution in [0.15, 0.2) is 72.6 Å². The molecule has 4 nitrogen and oxygen atoms in total. The molecule has 0 heterocycles. The van der Waals surface area contributed by atoms with Crippen LogP contribution in [0.2, 0.25) is 0 Å². The van der Waals surface area contributed by atoms with Gasteiger partial charge in [0.1, 0.15) is 0 Å².